The number of pyridine rings is 1. The zero-order valence-corrected chi connectivity index (χ0v) is 32.4. The lowest BCUT2D eigenvalue weighted by Gasteiger charge is -2.15. The third kappa shape index (κ3) is 5.93. The molecule has 60 heavy (non-hydrogen) atoms. The zero-order chi connectivity index (χ0) is 39.6. The fourth-order valence-electron chi connectivity index (χ4n) is 8.78. The predicted molar refractivity (Wildman–Crippen MR) is 250 cm³/mol. The van der Waals surface area contributed by atoms with E-state index in [1.165, 1.54) is 43.1 Å². The van der Waals surface area contributed by atoms with Crippen molar-refractivity contribution < 1.29 is 0 Å². The van der Waals surface area contributed by atoms with Gasteiger partial charge in [0.1, 0.15) is 0 Å². The molecule has 12 aromatic rings. The van der Waals surface area contributed by atoms with Crippen LogP contribution in [0, 0.1) is 0 Å². The van der Waals surface area contributed by atoms with Crippen molar-refractivity contribution in [2.75, 3.05) is 0 Å². The molecule has 0 aliphatic rings. The van der Waals surface area contributed by atoms with Crippen molar-refractivity contribution in [3.05, 3.63) is 206 Å². The molecule has 0 saturated heterocycles. The number of fused-ring (bicyclic) bond motifs is 6. The number of rotatable bonds is 5. The molecule has 0 radical (unpaired) electrons. The molecule has 4 heteroatoms. The number of hydrogen-bond acceptors (Lipinski definition) is 4. The van der Waals surface area contributed by atoms with E-state index < -0.39 is 0 Å². The summed E-state index contributed by atoms with van der Waals surface area (Å²) in [6, 6.07) is 73.3. The fraction of sp³-hybridized carbons (Fsp3) is 0. The molecular weight excluding hydrogens is 729 g/mol. The van der Waals surface area contributed by atoms with Crippen LogP contribution >= 0.6 is 0 Å². The Morgan fingerprint density at radius 2 is 0.667 bits per heavy atom. The van der Waals surface area contributed by atoms with E-state index in [2.05, 4.69) is 176 Å². The average molecular weight is 763 g/mol. The quantitative estimate of drug-likeness (QED) is 0.164. The van der Waals surface area contributed by atoms with Crippen molar-refractivity contribution >= 4 is 64.9 Å². The van der Waals surface area contributed by atoms with Crippen molar-refractivity contribution in [1.29, 1.82) is 0 Å². The van der Waals surface area contributed by atoms with E-state index in [9.17, 15) is 0 Å². The second kappa shape index (κ2) is 13.8. The van der Waals surface area contributed by atoms with Gasteiger partial charge in [-0.2, -0.15) is 0 Å². The van der Waals surface area contributed by atoms with Crippen LogP contribution in [0.15, 0.2) is 206 Å². The summed E-state index contributed by atoms with van der Waals surface area (Å²) in [5, 5.41) is 11.8. The van der Waals surface area contributed by atoms with E-state index in [4.69, 9.17) is 19.9 Å². The van der Waals surface area contributed by atoms with Crippen LogP contribution < -0.4 is 0 Å². The summed E-state index contributed by atoms with van der Waals surface area (Å²) in [5.74, 6) is 1.83. The number of benzene rings is 10. The van der Waals surface area contributed by atoms with Crippen LogP contribution in [0.1, 0.15) is 0 Å². The first kappa shape index (κ1) is 34.0. The van der Waals surface area contributed by atoms with Crippen molar-refractivity contribution in [2.45, 2.75) is 0 Å². The van der Waals surface area contributed by atoms with Gasteiger partial charge < -0.3 is 0 Å². The van der Waals surface area contributed by atoms with Crippen molar-refractivity contribution in [3.63, 3.8) is 0 Å². The summed E-state index contributed by atoms with van der Waals surface area (Å²) in [7, 11) is 0. The third-order valence-electron chi connectivity index (χ3n) is 11.7. The zero-order valence-electron chi connectivity index (χ0n) is 32.4. The monoisotopic (exact) mass is 762 g/mol. The van der Waals surface area contributed by atoms with Gasteiger partial charge in [-0.05, 0) is 138 Å². The van der Waals surface area contributed by atoms with Crippen molar-refractivity contribution in [1.82, 2.24) is 19.9 Å². The largest absolute Gasteiger partial charge is 0.248 e. The van der Waals surface area contributed by atoms with Crippen molar-refractivity contribution in [3.8, 4) is 56.4 Å². The number of para-hydroxylation sites is 1. The van der Waals surface area contributed by atoms with Gasteiger partial charge in [-0.15, -0.1) is 0 Å². The topological polar surface area (TPSA) is 51.6 Å². The Hall–Kier alpha value is -8.08. The van der Waals surface area contributed by atoms with E-state index in [0.29, 0.717) is 17.5 Å². The van der Waals surface area contributed by atoms with E-state index in [1.807, 2.05) is 30.3 Å². The Kier molecular flexibility index (Phi) is 7.82. The second-order valence-electron chi connectivity index (χ2n) is 15.5. The first-order chi connectivity index (χ1) is 29.7. The lowest BCUT2D eigenvalue weighted by Crippen LogP contribution is -2.01. The molecular formula is C56H34N4. The van der Waals surface area contributed by atoms with E-state index in [0.717, 1.165) is 60.8 Å². The Labute approximate surface area is 346 Å². The Balaban J connectivity index is 1.11. The lowest BCUT2D eigenvalue weighted by atomic mass is 9.90. The van der Waals surface area contributed by atoms with Crippen LogP contribution in [-0.4, -0.2) is 19.9 Å². The molecule has 0 N–H and O–H groups in total. The molecule has 0 spiro atoms. The number of aromatic nitrogens is 4. The molecule has 0 amide bonds. The molecule has 0 unspecified atom stereocenters. The third-order valence-corrected chi connectivity index (χ3v) is 11.7. The standard InChI is InChI=1S/C56H34N4/c1-2-12-35(13-3-1)54-58-55(43-24-25-53-46(29-43)28-42-18-8-9-23-52(42)57-53)60-56(59-54)47-31-44(48-21-10-19-40-26-36-14-4-6-16-38(36)33-50(40)48)30-45(32-47)49-22-11-20-41-27-37-15-5-7-17-39(37)34-51(41)49/h1-34H. The van der Waals surface area contributed by atoms with Gasteiger partial charge in [0.25, 0.3) is 0 Å². The average Bonchev–Trinajstić information content (AvgIpc) is 3.31. The molecule has 4 nitrogen and oxygen atoms in total. The maximum absolute atomic E-state index is 5.30. The predicted octanol–water partition coefficient (Wildman–Crippen LogP) is 14.5. The van der Waals surface area contributed by atoms with Crippen LogP contribution in [0.2, 0.25) is 0 Å². The smallest absolute Gasteiger partial charge is 0.164 e. The summed E-state index contributed by atoms with van der Waals surface area (Å²) < 4.78 is 0. The normalized spacial score (nSPS) is 11.7. The molecule has 0 aliphatic carbocycles. The molecule has 2 heterocycles. The number of hydrogen-bond donors (Lipinski definition) is 0. The van der Waals surface area contributed by atoms with Gasteiger partial charge in [-0.25, -0.2) is 19.9 Å². The SMILES string of the molecule is c1ccc(-c2nc(-c3cc(-c4cccc5cc6ccccc6cc45)cc(-c4cccc5cc6ccccc6cc45)c3)nc(-c3ccc4nc5ccccc5cc4c3)n2)cc1. The maximum atomic E-state index is 5.30. The highest BCUT2D eigenvalue weighted by Gasteiger charge is 2.17. The van der Waals surface area contributed by atoms with E-state index in [-0.39, 0.29) is 0 Å². The van der Waals surface area contributed by atoms with E-state index in [1.54, 1.807) is 0 Å². The van der Waals surface area contributed by atoms with E-state index >= 15 is 0 Å². The highest BCUT2D eigenvalue weighted by atomic mass is 15.0. The summed E-state index contributed by atoms with van der Waals surface area (Å²) in [6.45, 7) is 0. The fourth-order valence-corrected chi connectivity index (χ4v) is 8.78. The van der Waals surface area contributed by atoms with Gasteiger partial charge in [0.05, 0.1) is 11.0 Å². The van der Waals surface area contributed by atoms with Gasteiger partial charge in [-0.1, -0.05) is 133 Å². The Morgan fingerprint density at radius 1 is 0.217 bits per heavy atom. The first-order valence-electron chi connectivity index (χ1n) is 20.3. The summed E-state index contributed by atoms with van der Waals surface area (Å²) in [5.41, 5.74) is 9.12. The molecule has 0 fully saturated rings. The van der Waals surface area contributed by atoms with Gasteiger partial charge in [-0.3, -0.25) is 0 Å². The Bertz CT molecular complexity index is 3530. The highest BCUT2D eigenvalue weighted by Crippen LogP contribution is 2.40. The minimum absolute atomic E-state index is 0.606. The maximum Gasteiger partial charge on any atom is 0.164 e. The second-order valence-corrected chi connectivity index (χ2v) is 15.5. The molecule has 0 bridgehead atoms. The Morgan fingerprint density at radius 3 is 1.28 bits per heavy atom. The van der Waals surface area contributed by atoms with Crippen LogP contribution in [0.4, 0.5) is 0 Å². The van der Waals surface area contributed by atoms with Gasteiger partial charge in [0.2, 0.25) is 0 Å². The molecule has 0 aliphatic heterocycles. The van der Waals surface area contributed by atoms with Crippen LogP contribution in [-0.2, 0) is 0 Å². The summed E-state index contributed by atoms with van der Waals surface area (Å²) in [6.07, 6.45) is 0. The summed E-state index contributed by atoms with van der Waals surface area (Å²) in [4.78, 5) is 20.6. The first-order valence-corrected chi connectivity index (χ1v) is 20.3. The number of nitrogens with zero attached hydrogens (tertiary/aromatic N) is 4. The minimum Gasteiger partial charge on any atom is -0.248 e. The van der Waals surface area contributed by atoms with Crippen molar-refractivity contribution in [2.24, 2.45) is 0 Å². The summed E-state index contributed by atoms with van der Waals surface area (Å²) >= 11 is 0. The van der Waals surface area contributed by atoms with Crippen LogP contribution in [0.25, 0.3) is 121 Å². The van der Waals surface area contributed by atoms with Crippen LogP contribution in [0.3, 0.4) is 0 Å². The molecule has 10 aromatic carbocycles. The molecule has 0 atom stereocenters. The molecule has 12 rings (SSSR count). The molecule has 2 aromatic heterocycles. The molecule has 278 valence electrons. The highest BCUT2D eigenvalue weighted by molar-refractivity contribution is 6.08. The minimum atomic E-state index is 0.606. The lowest BCUT2D eigenvalue weighted by molar-refractivity contribution is 1.07. The van der Waals surface area contributed by atoms with Gasteiger partial charge >= 0.3 is 0 Å². The van der Waals surface area contributed by atoms with Crippen LogP contribution in [0.5, 0.6) is 0 Å². The van der Waals surface area contributed by atoms with Gasteiger partial charge in [0, 0.05) is 27.5 Å². The molecule has 0 saturated carbocycles. The van der Waals surface area contributed by atoms with Gasteiger partial charge in [0.15, 0.2) is 17.5 Å².